The van der Waals surface area contributed by atoms with Crippen molar-refractivity contribution in [3.8, 4) is 0 Å². The smallest absolute Gasteiger partial charge is 0.255 e. The number of aromatic nitrogens is 1. The summed E-state index contributed by atoms with van der Waals surface area (Å²) in [5, 5.41) is 4.01. The molecule has 2 amide bonds. The molecule has 1 aliphatic rings. The van der Waals surface area contributed by atoms with Crippen LogP contribution in [0.5, 0.6) is 0 Å². The lowest BCUT2D eigenvalue weighted by molar-refractivity contribution is -0.117. The van der Waals surface area contributed by atoms with Crippen molar-refractivity contribution in [1.82, 2.24) is 9.47 Å². The van der Waals surface area contributed by atoms with Crippen LogP contribution in [-0.2, 0) is 11.8 Å². The third-order valence-electron chi connectivity index (χ3n) is 5.93. The monoisotopic (exact) mass is 409 g/mol. The van der Waals surface area contributed by atoms with E-state index in [9.17, 15) is 9.59 Å². The zero-order valence-corrected chi connectivity index (χ0v) is 17.5. The molecule has 2 heterocycles. The number of rotatable bonds is 4. The Balaban J connectivity index is 1.53. The summed E-state index contributed by atoms with van der Waals surface area (Å²) in [6.07, 6.45) is 2.07. The number of hydrogen-bond donors (Lipinski definition) is 1. The van der Waals surface area contributed by atoms with Gasteiger partial charge in [0.05, 0.1) is 6.04 Å². The first kappa shape index (κ1) is 19.1. The molecule has 1 atom stereocenters. The lowest BCUT2D eigenvalue weighted by atomic mass is 9.97. The van der Waals surface area contributed by atoms with Gasteiger partial charge in [-0.15, -0.1) is 0 Å². The number of anilines is 1. The summed E-state index contributed by atoms with van der Waals surface area (Å²) in [7, 11) is 2.00. The molecule has 1 aromatic heterocycles. The number of carbonyl (C=O) groups is 2. The number of benzene rings is 3. The second kappa shape index (κ2) is 7.43. The minimum absolute atomic E-state index is 0.0186. The normalized spacial score (nSPS) is 15.4. The largest absolute Gasteiger partial charge is 0.350 e. The molecule has 4 aromatic rings. The molecule has 0 radical (unpaired) electrons. The molecule has 0 spiro atoms. The fraction of sp³-hybridized carbons (Fsp3) is 0.154. The maximum Gasteiger partial charge on any atom is 0.255 e. The molecular formula is C26H23N3O2. The Labute approximate surface area is 180 Å². The molecule has 154 valence electrons. The molecule has 31 heavy (non-hydrogen) atoms. The van der Waals surface area contributed by atoms with Gasteiger partial charge in [-0.25, -0.2) is 0 Å². The summed E-state index contributed by atoms with van der Waals surface area (Å²) >= 11 is 0. The van der Waals surface area contributed by atoms with Crippen molar-refractivity contribution in [2.45, 2.75) is 13.0 Å². The minimum Gasteiger partial charge on any atom is -0.350 e. The van der Waals surface area contributed by atoms with Crippen LogP contribution in [0.25, 0.3) is 10.9 Å². The van der Waals surface area contributed by atoms with Crippen molar-refractivity contribution in [2.75, 3.05) is 11.9 Å². The van der Waals surface area contributed by atoms with E-state index in [1.807, 2.05) is 74.6 Å². The van der Waals surface area contributed by atoms with Gasteiger partial charge in [0.2, 0.25) is 5.91 Å². The number of nitrogens with one attached hydrogen (secondary N) is 1. The molecule has 5 heteroatoms. The Morgan fingerprint density at radius 3 is 2.45 bits per heavy atom. The number of fused-ring (bicyclic) bond motifs is 2. The standard InChI is InChI=1S/C26H23N3O2/c1-17-11-13-18(14-12-17)27-24(30)16-29-25(20-8-3-4-9-21(20)26(29)31)22-15-28(2)23-10-6-5-7-19(22)23/h3-15,25H,16H2,1-2H3,(H,27,30)/t25-/m0/s1. The number of amides is 2. The summed E-state index contributed by atoms with van der Waals surface area (Å²) in [6, 6.07) is 23.1. The topological polar surface area (TPSA) is 54.3 Å². The first-order valence-electron chi connectivity index (χ1n) is 10.3. The molecule has 0 unspecified atom stereocenters. The molecule has 0 bridgehead atoms. The van der Waals surface area contributed by atoms with Crippen LogP contribution in [0.1, 0.15) is 33.1 Å². The molecule has 0 saturated heterocycles. The van der Waals surface area contributed by atoms with Crippen molar-refractivity contribution in [1.29, 1.82) is 0 Å². The van der Waals surface area contributed by atoms with Crippen LogP contribution in [0.4, 0.5) is 5.69 Å². The van der Waals surface area contributed by atoms with Gasteiger partial charge in [-0.1, -0.05) is 54.1 Å². The summed E-state index contributed by atoms with van der Waals surface area (Å²) < 4.78 is 2.07. The van der Waals surface area contributed by atoms with Gasteiger partial charge in [-0.2, -0.15) is 0 Å². The Hall–Kier alpha value is -3.86. The van der Waals surface area contributed by atoms with Gasteiger partial charge in [0.15, 0.2) is 0 Å². The minimum atomic E-state index is -0.307. The van der Waals surface area contributed by atoms with Crippen LogP contribution in [0, 0.1) is 6.92 Å². The highest BCUT2D eigenvalue weighted by Gasteiger charge is 2.39. The highest BCUT2D eigenvalue weighted by atomic mass is 16.2. The Morgan fingerprint density at radius 2 is 1.65 bits per heavy atom. The molecular weight excluding hydrogens is 386 g/mol. The molecule has 5 rings (SSSR count). The second-order valence-corrected chi connectivity index (χ2v) is 8.05. The molecule has 1 aliphatic heterocycles. The van der Waals surface area contributed by atoms with E-state index in [0.29, 0.717) is 5.56 Å². The highest BCUT2D eigenvalue weighted by molar-refractivity contribution is 6.04. The van der Waals surface area contributed by atoms with Gasteiger partial charge in [0.1, 0.15) is 6.54 Å². The Bertz CT molecular complexity index is 1300. The van der Waals surface area contributed by atoms with E-state index in [-0.39, 0.29) is 24.4 Å². The van der Waals surface area contributed by atoms with E-state index in [1.165, 1.54) is 0 Å². The Morgan fingerprint density at radius 1 is 0.935 bits per heavy atom. The summed E-state index contributed by atoms with van der Waals surface area (Å²) in [4.78, 5) is 27.9. The van der Waals surface area contributed by atoms with Crippen LogP contribution in [0.15, 0.2) is 79.0 Å². The quantitative estimate of drug-likeness (QED) is 0.533. The van der Waals surface area contributed by atoms with E-state index in [2.05, 4.69) is 28.2 Å². The first-order chi connectivity index (χ1) is 15.0. The van der Waals surface area contributed by atoms with Gasteiger partial charge in [0.25, 0.3) is 5.91 Å². The zero-order chi connectivity index (χ0) is 21.5. The highest BCUT2D eigenvalue weighted by Crippen LogP contribution is 2.41. The zero-order valence-electron chi connectivity index (χ0n) is 17.5. The predicted molar refractivity (Wildman–Crippen MR) is 122 cm³/mol. The van der Waals surface area contributed by atoms with Crippen molar-refractivity contribution in [2.24, 2.45) is 7.05 Å². The second-order valence-electron chi connectivity index (χ2n) is 8.05. The summed E-state index contributed by atoms with van der Waals surface area (Å²) in [5.74, 6) is -0.331. The number of hydrogen-bond acceptors (Lipinski definition) is 2. The van der Waals surface area contributed by atoms with Crippen LogP contribution < -0.4 is 5.32 Å². The lowest BCUT2D eigenvalue weighted by Crippen LogP contribution is -2.36. The van der Waals surface area contributed by atoms with Gasteiger partial charge >= 0.3 is 0 Å². The summed E-state index contributed by atoms with van der Waals surface area (Å²) in [5.41, 5.74) is 5.56. The maximum absolute atomic E-state index is 13.3. The number of carbonyl (C=O) groups excluding carboxylic acids is 2. The van der Waals surface area contributed by atoms with Crippen LogP contribution in [0.3, 0.4) is 0 Å². The van der Waals surface area contributed by atoms with E-state index in [1.54, 1.807) is 4.90 Å². The molecule has 5 nitrogen and oxygen atoms in total. The van der Waals surface area contributed by atoms with Crippen LogP contribution >= 0.6 is 0 Å². The average molecular weight is 409 g/mol. The molecule has 0 aliphatic carbocycles. The lowest BCUT2D eigenvalue weighted by Gasteiger charge is -2.25. The van der Waals surface area contributed by atoms with Gasteiger partial charge in [-0.05, 0) is 36.8 Å². The predicted octanol–water partition coefficient (Wildman–Crippen LogP) is 4.67. The van der Waals surface area contributed by atoms with Gasteiger partial charge < -0.3 is 14.8 Å². The molecule has 3 aromatic carbocycles. The number of nitrogens with zero attached hydrogens (tertiary/aromatic N) is 2. The third-order valence-corrected chi connectivity index (χ3v) is 5.93. The maximum atomic E-state index is 13.3. The fourth-order valence-corrected chi connectivity index (χ4v) is 4.45. The molecule has 1 N–H and O–H groups in total. The SMILES string of the molecule is Cc1ccc(NC(=O)CN2C(=O)c3ccccc3[C@H]2c2cn(C)c3ccccc23)cc1. The van der Waals surface area contributed by atoms with E-state index in [0.717, 1.165) is 33.3 Å². The Kier molecular flexibility index (Phi) is 4.59. The van der Waals surface area contributed by atoms with E-state index >= 15 is 0 Å². The molecule has 0 saturated carbocycles. The van der Waals surface area contributed by atoms with E-state index in [4.69, 9.17) is 0 Å². The summed E-state index contributed by atoms with van der Waals surface area (Å²) in [6.45, 7) is 1.98. The fourth-order valence-electron chi connectivity index (χ4n) is 4.45. The number of para-hydroxylation sites is 1. The van der Waals surface area contributed by atoms with Crippen molar-refractivity contribution in [3.05, 3.63) is 101 Å². The third kappa shape index (κ3) is 3.28. The van der Waals surface area contributed by atoms with Crippen molar-refractivity contribution in [3.63, 3.8) is 0 Å². The van der Waals surface area contributed by atoms with Crippen LogP contribution in [0.2, 0.25) is 0 Å². The van der Waals surface area contributed by atoms with Crippen molar-refractivity contribution >= 4 is 28.4 Å². The van der Waals surface area contributed by atoms with Gasteiger partial charge in [-0.3, -0.25) is 9.59 Å². The van der Waals surface area contributed by atoms with Gasteiger partial charge in [0, 0.05) is 41.0 Å². The van der Waals surface area contributed by atoms with Crippen LogP contribution in [-0.4, -0.2) is 27.8 Å². The average Bonchev–Trinajstić information content (AvgIpc) is 3.24. The molecule has 0 fully saturated rings. The number of aryl methyl sites for hydroxylation is 2. The van der Waals surface area contributed by atoms with E-state index < -0.39 is 0 Å². The van der Waals surface area contributed by atoms with Crippen molar-refractivity contribution < 1.29 is 9.59 Å². The first-order valence-corrected chi connectivity index (χ1v) is 10.3.